The van der Waals surface area contributed by atoms with Crippen LogP contribution in [0.15, 0.2) is 0 Å². The number of nitrogens with zero attached hydrogens (tertiary/aromatic N) is 1. The van der Waals surface area contributed by atoms with Crippen LogP contribution in [0.1, 0.15) is 13.8 Å². The summed E-state index contributed by atoms with van der Waals surface area (Å²) in [5.74, 6) is -2.73. The van der Waals surface area contributed by atoms with Gasteiger partial charge in [-0.15, -0.1) is 0 Å². The molecule has 0 aromatic carbocycles. The fourth-order valence-corrected chi connectivity index (χ4v) is 0.839. The van der Waals surface area contributed by atoms with Gasteiger partial charge in [0.05, 0.1) is 13.1 Å². The predicted molar refractivity (Wildman–Crippen MR) is 41.8 cm³/mol. The minimum Gasteiger partial charge on any atom is -0.325 e. The van der Waals surface area contributed by atoms with E-state index < -0.39 is 12.5 Å². The van der Waals surface area contributed by atoms with Gasteiger partial charge in [0, 0.05) is 0 Å². The van der Waals surface area contributed by atoms with E-state index >= 15 is 0 Å². The summed E-state index contributed by atoms with van der Waals surface area (Å²) in [6, 6.07) is 0. The lowest BCUT2D eigenvalue weighted by molar-refractivity contribution is -0.0211. The molecule has 2 nitrogen and oxygen atoms in total. The largest absolute Gasteiger partial charge is 0.325 e. The molecule has 0 atom stereocenters. The first-order valence-corrected chi connectivity index (χ1v) is 3.86. The van der Waals surface area contributed by atoms with E-state index in [-0.39, 0.29) is 6.54 Å². The van der Waals surface area contributed by atoms with Gasteiger partial charge in [0.15, 0.2) is 0 Å². The summed E-state index contributed by atoms with van der Waals surface area (Å²) in [7, 11) is 0. The molecule has 0 aliphatic heterocycles. The van der Waals surface area contributed by atoms with Crippen LogP contribution in [0, 0.1) is 0 Å². The zero-order chi connectivity index (χ0) is 8.91. The molecule has 68 valence electrons. The fourth-order valence-electron chi connectivity index (χ4n) is 0.839. The fraction of sp³-hybridized carbons (Fsp3) is 1.00. The topological polar surface area (TPSA) is 29.3 Å². The van der Waals surface area contributed by atoms with E-state index in [1.165, 1.54) is 0 Å². The van der Waals surface area contributed by atoms with Crippen molar-refractivity contribution in [2.75, 3.05) is 26.2 Å². The number of hydrogen-bond donors (Lipinski definition) is 1. The number of alkyl halides is 2. The van der Waals surface area contributed by atoms with Gasteiger partial charge >= 0.3 is 0 Å². The zero-order valence-corrected chi connectivity index (χ0v) is 7.11. The highest BCUT2D eigenvalue weighted by Crippen LogP contribution is 2.12. The highest BCUT2D eigenvalue weighted by molar-refractivity contribution is 4.71. The van der Waals surface area contributed by atoms with Crippen molar-refractivity contribution in [2.45, 2.75) is 19.8 Å². The van der Waals surface area contributed by atoms with E-state index in [9.17, 15) is 8.78 Å². The van der Waals surface area contributed by atoms with Crippen LogP contribution >= 0.6 is 0 Å². The molecule has 0 radical (unpaired) electrons. The van der Waals surface area contributed by atoms with Crippen molar-refractivity contribution in [3.8, 4) is 0 Å². The van der Waals surface area contributed by atoms with Gasteiger partial charge in [-0.2, -0.15) is 0 Å². The monoisotopic (exact) mass is 166 g/mol. The van der Waals surface area contributed by atoms with Gasteiger partial charge in [0.25, 0.3) is 5.92 Å². The number of halogens is 2. The van der Waals surface area contributed by atoms with Crippen LogP contribution in [0.4, 0.5) is 8.78 Å². The lowest BCUT2D eigenvalue weighted by Gasteiger charge is -2.23. The molecule has 0 saturated heterocycles. The van der Waals surface area contributed by atoms with Crippen LogP contribution in [0.2, 0.25) is 0 Å². The molecule has 0 aromatic heterocycles. The van der Waals surface area contributed by atoms with Crippen LogP contribution in [0.5, 0.6) is 0 Å². The van der Waals surface area contributed by atoms with Crippen molar-refractivity contribution in [2.24, 2.45) is 5.73 Å². The van der Waals surface area contributed by atoms with Gasteiger partial charge in [-0.25, -0.2) is 8.78 Å². The molecule has 0 aliphatic carbocycles. The van der Waals surface area contributed by atoms with Crippen LogP contribution in [-0.2, 0) is 0 Å². The Morgan fingerprint density at radius 1 is 1.27 bits per heavy atom. The Kier molecular flexibility index (Phi) is 4.52. The van der Waals surface area contributed by atoms with Gasteiger partial charge < -0.3 is 5.73 Å². The van der Waals surface area contributed by atoms with Crippen LogP contribution in [-0.4, -0.2) is 37.0 Å². The normalized spacial score (nSPS) is 12.5. The molecule has 0 spiro atoms. The zero-order valence-electron chi connectivity index (χ0n) is 7.11. The predicted octanol–water partition coefficient (Wildman–Crippen LogP) is 0.922. The highest BCUT2D eigenvalue weighted by Gasteiger charge is 2.28. The third-order valence-electron chi connectivity index (χ3n) is 1.65. The van der Waals surface area contributed by atoms with Gasteiger partial charge in [-0.1, -0.05) is 13.8 Å². The summed E-state index contributed by atoms with van der Waals surface area (Å²) >= 11 is 0. The molecule has 0 amide bonds. The minimum atomic E-state index is -2.73. The van der Waals surface area contributed by atoms with E-state index in [0.29, 0.717) is 13.1 Å². The van der Waals surface area contributed by atoms with E-state index in [0.717, 1.165) is 0 Å². The standard InChI is InChI=1S/C7H16F2N2/c1-3-11(4-2)6-7(8,9)5-10/h3-6,10H2,1-2H3. The summed E-state index contributed by atoms with van der Waals surface area (Å²) in [5.41, 5.74) is 4.89. The molecular weight excluding hydrogens is 150 g/mol. The Morgan fingerprint density at radius 2 is 1.73 bits per heavy atom. The Bertz CT molecular complexity index is 103. The second kappa shape index (κ2) is 4.62. The molecule has 0 aliphatic rings. The van der Waals surface area contributed by atoms with Gasteiger partial charge in [0.1, 0.15) is 0 Å². The van der Waals surface area contributed by atoms with E-state index in [2.05, 4.69) is 0 Å². The van der Waals surface area contributed by atoms with Crippen molar-refractivity contribution in [1.29, 1.82) is 0 Å². The maximum absolute atomic E-state index is 12.6. The number of hydrogen-bond acceptors (Lipinski definition) is 2. The third-order valence-corrected chi connectivity index (χ3v) is 1.65. The average Bonchev–Trinajstić information content (AvgIpc) is 2.00. The van der Waals surface area contributed by atoms with Crippen LogP contribution in [0.25, 0.3) is 0 Å². The summed E-state index contributed by atoms with van der Waals surface area (Å²) < 4.78 is 25.2. The Morgan fingerprint density at radius 3 is 2.00 bits per heavy atom. The van der Waals surface area contributed by atoms with E-state index in [1.54, 1.807) is 4.90 Å². The summed E-state index contributed by atoms with van der Waals surface area (Å²) in [4.78, 5) is 1.66. The highest BCUT2D eigenvalue weighted by atomic mass is 19.3. The summed E-state index contributed by atoms with van der Waals surface area (Å²) in [5, 5.41) is 0. The lowest BCUT2D eigenvalue weighted by Crippen LogP contribution is -2.41. The maximum atomic E-state index is 12.6. The first-order chi connectivity index (χ1) is 5.05. The van der Waals surface area contributed by atoms with Gasteiger partial charge in [-0.05, 0) is 13.1 Å². The smallest absolute Gasteiger partial charge is 0.272 e. The van der Waals surface area contributed by atoms with E-state index in [1.807, 2.05) is 13.8 Å². The van der Waals surface area contributed by atoms with Gasteiger partial charge in [0.2, 0.25) is 0 Å². The molecule has 0 saturated carbocycles. The van der Waals surface area contributed by atoms with Crippen molar-refractivity contribution in [1.82, 2.24) is 4.90 Å². The molecule has 0 aromatic rings. The number of nitrogens with two attached hydrogens (primary N) is 1. The van der Waals surface area contributed by atoms with Crippen molar-refractivity contribution in [3.63, 3.8) is 0 Å². The lowest BCUT2D eigenvalue weighted by atomic mass is 10.3. The van der Waals surface area contributed by atoms with Crippen molar-refractivity contribution in [3.05, 3.63) is 0 Å². The van der Waals surface area contributed by atoms with Crippen molar-refractivity contribution < 1.29 is 8.78 Å². The molecule has 0 rings (SSSR count). The van der Waals surface area contributed by atoms with Crippen LogP contribution < -0.4 is 5.73 Å². The quantitative estimate of drug-likeness (QED) is 0.658. The molecule has 0 heterocycles. The molecule has 0 bridgehead atoms. The first kappa shape index (κ1) is 10.8. The second-order valence-corrected chi connectivity index (χ2v) is 2.52. The molecular formula is C7H16F2N2. The SMILES string of the molecule is CCN(CC)CC(F)(F)CN. The van der Waals surface area contributed by atoms with E-state index in [4.69, 9.17) is 5.73 Å². The Balaban J connectivity index is 3.79. The average molecular weight is 166 g/mol. The number of rotatable bonds is 5. The minimum absolute atomic E-state index is 0.226. The van der Waals surface area contributed by atoms with Crippen molar-refractivity contribution >= 4 is 0 Å². The summed E-state index contributed by atoms with van der Waals surface area (Å²) in [6.45, 7) is 4.21. The first-order valence-electron chi connectivity index (χ1n) is 3.86. The molecule has 4 heteroatoms. The molecule has 11 heavy (non-hydrogen) atoms. The molecule has 0 fully saturated rings. The summed E-state index contributed by atoms with van der Waals surface area (Å²) in [6.07, 6.45) is 0. The van der Waals surface area contributed by atoms with Crippen LogP contribution in [0.3, 0.4) is 0 Å². The Hall–Kier alpha value is -0.220. The molecule has 2 N–H and O–H groups in total. The maximum Gasteiger partial charge on any atom is 0.272 e. The Labute approximate surface area is 66.4 Å². The molecule has 0 unspecified atom stereocenters. The second-order valence-electron chi connectivity index (χ2n) is 2.52. The van der Waals surface area contributed by atoms with Gasteiger partial charge in [-0.3, -0.25) is 4.90 Å². The third kappa shape index (κ3) is 4.27.